The molecule has 5 heteroatoms. The van der Waals surface area contributed by atoms with Gasteiger partial charge in [-0.15, -0.1) is 0 Å². The van der Waals surface area contributed by atoms with Crippen LogP contribution in [-0.2, 0) is 11.2 Å². The van der Waals surface area contributed by atoms with Gasteiger partial charge < -0.3 is 10.2 Å². The lowest BCUT2D eigenvalue weighted by Gasteiger charge is -2.26. The van der Waals surface area contributed by atoms with E-state index in [9.17, 15) is 14.0 Å². The summed E-state index contributed by atoms with van der Waals surface area (Å²) in [4.78, 5) is 26.3. The summed E-state index contributed by atoms with van der Waals surface area (Å²) in [6, 6.07) is 12.6. The molecule has 0 bridgehead atoms. The highest BCUT2D eigenvalue weighted by atomic mass is 19.1. The van der Waals surface area contributed by atoms with Gasteiger partial charge in [-0.1, -0.05) is 12.1 Å². The van der Waals surface area contributed by atoms with Gasteiger partial charge in [0.15, 0.2) is 0 Å². The standard InChI is InChI=1S/C20H21FN2O2/c21-17-8-6-16(7-9-17)20(25)22-18-10-4-15(5-11-18)14-19(24)23-12-2-1-3-13-23/h4-11H,1-3,12-14H2,(H,22,25). The number of benzene rings is 2. The van der Waals surface area contributed by atoms with Crippen LogP contribution < -0.4 is 5.32 Å². The summed E-state index contributed by atoms with van der Waals surface area (Å²) in [5.41, 5.74) is 1.96. The highest BCUT2D eigenvalue weighted by molar-refractivity contribution is 6.04. The van der Waals surface area contributed by atoms with E-state index in [0.717, 1.165) is 31.5 Å². The first-order valence-electron chi connectivity index (χ1n) is 8.55. The van der Waals surface area contributed by atoms with Crippen LogP contribution in [0.2, 0.25) is 0 Å². The van der Waals surface area contributed by atoms with Gasteiger partial charge in [-0.2, -0.15) is 0 Å². The molecule has 1 aliphatic rings. The Morgan fingerprint density at radius 3 is 2.20 bits per heavy atom. The molecule has 0 aromatic heterocycles. The minimum Gasteiger partial charge on any atom is -0.342 e. The normalized spacial score (nSPS) is 14.2. The minimum atomic E-state index is -0.376. The van der Waals surface area contributed by atoms with Crippen LogP contribution in [0.25, 0.3) is 0 Å². The molecule has 130 valence electrons. The van der Waals surface area contributed by atoms with Gasteiger partial charge in [0.25, 0.3) is 5.91 Å². The van der Waals surface area contributed by atoms with Gasteiger partial charge >= 0.3 is 0 Å². The molecule has 3 rings (SSSR count). The fourth-order valence-electron chi connectivity index (χ4n) is 2.94. The maximum atomic E-state index is 12.9. The van der Waals surface area contributed by atoms with Crippen LogP contribution in [0, 0.1) is 5.82 Å². The summed E-state index contributed by atoms with van der Waals surface area (Å²) in [5, 5.41) is 2.76. The Morgan fingerprint density at radius 2 is 1.56 bits per heavy atom. The molecule has 1 N–H and O–H groups in total. The molecule has 2 aromatic rings. The number of halogens is 1. The van der Waals surface area contributed by atoms with Crippen molar-refractivity contribution in [3.8, 4) is 0 Å². The first kappa shape index (κ1) is 17.1. The molecule has 1 saturated heterocycles. The number of carbonyl (C=O) groups is 2. The van der Waals surface area contributed by atoms with Crippen molar-refractivity contribution in [1.29, 1.82) is 0 Å². The van der Waals surface area contributed by atoms with E-state index in [1.165, 1.54) is 30.7 Å². The Bertz CT molecular complexity index is 735. The Morgan fingerprint density at radius 1 is 0.920 bits per heavy atom. The Labute approximate surface area is 146 Å². The highest BCUT2D eigenvalue weighted by Crippen LogP contribution is 2.15. The molecule has 0 radical (unpaired) electrons. The molecule has 4 nitrogen and oxygen atoms in total. The quantitative estimate of drug-likeness (QED) is 0.924. The van der Waals surface area contributed by atoms with Crippen molar-refractivity contribution in [2.24, 2.45) is 0 Å². The zero-order chi connectivity index (χ0) is 17.6. The second-order valence-electron chi connectivity index (χ2n) is 6.28. The van der Waals surface area contributed by atoms with Crippen molar-refractivity contribution in [2.45, 2.75) is 25.7 Å². The van der Waals surface area contributed by atoms with E-state index in [1.54, 1.807) is 12.1 Å². The molecule has 0 saturated carbocycles. The number of anilines is 1. The summed E-state index contributed by atoms with van der Waals surface area (Å²) < 4.78 is 12.9. The van der Waals surface area contributed by atoms with Crippen LogP contribution >= 0.6 is 0 Å². The summed E-state index contributed by atoms with van der Waals surface area (Å²) in [5.74, 6) is -0.515. The lowest BCUT2D eigenvalue weighted by molar-refractivity contribution is -0.131. The van der Waals surface area contributed by atoms with Crippen LogP contribution in [0.1, 0.15) is 35.2 Å². The van der Waals surface area contributed by atoms with Crippen molar-refractivity contribution >= 4 is 17.5 Å². The van der Waals surface area contributed by atoms with Crippen molar-refractivity contribution < 1.29 is 14.0 Å². The topological polar surface area (TPSA) is 49.4 Å². The van der Waals surface area contributed by atoms with Crippen molar-refractivity contribution in [3.63, 3.8) is 0 Å². The maximum Gasteiger partial charge on any atom is 0.255 e. The van der Waals surface area contributed by atoms with E-state index >= 15 is 0 Å². The molecule has 1 fully saturated rings. The SMILES string of the molecule is O=C(Nc1ccc(CC(=O)N2CCCCC2)cc1)c1ccc(F)cc1. The van der Waals surface area contributed by atoms with Crippen LogP contribution in [0.15, 0.2) is 48.5 Å². The summed E-state index contributed by atoms with van der Waals surface area (Å²) in [7, 11) is 0. The fraction of sp³-hybridized carbons (Fsp3) is 0.300. The average molecular weight is 340 g/mol. The van der Waals surface area contributed by atoms with Gasteiger partial charge in [-0.25, -0.2) is 4.39 Å². The van der Waals surface area contributed by atoms with E-state index in [1.807, 2.05) is 17.0 Å². The van der Waals surface area contributed by atoms with Gasteiger partial charge in [0.05, 0.1) is 6.42 Å². The number of likely N-dealkylation sites (tertiary alicyclic amines) is 1. The molecule has 2 aromatic carbocycles. The third-order valence-corrected chi connectivity index (χ3v) is 4.38. The molecule has 0 unspecified atom stereocenters. The van der Waals surface area contributed by atoms with Gasteiger partial charge in [-0.3, -0.25) is 9.59 Å². The third kappa shape index (κ3) is 4.66. The molecule has 0 spiro atoms. The van der Waals surface area contributed by atoms with Gasteiger partial charge in [-0.05, 0) is 61.2 Å². The number of carbonyl (C=O) groups excluding carboxylic acids is 2. The molecular formula is C20H21FN2O2. The zero-order valence-electron chi connectivity index (χ0n) is 14.0. The largest absolute Gasteiger partial charge is 0.342 e. The predicted molar refractivity (Wildman–Crippen MR) is 94.9 cm³/mol. The molecule has 0 aliphatic carbocycles. The number of hydrogen-bond donors (Lipinski definition) is 1. The molecular weight excluding hydrogens is 319 g/mol. The summed E-state index contributed by atoms with van der Waals surface area (Å²) >= 11 is 0. The Kier molecular flexibility index (Phi) is 5.43. The third-order valence-electron chi connectivity index (χ3n) is 4.38. The fourth-order valence-corrected chi connectivity index (χ4v) is 2.94. The van der Waals surface area contributed by atoms with E-state index in [2.05, 4.69) is 5.32 Å². The lowest BCUT2D eigenvalue weighted by atomic mass is 10.1. The maximum absolute atomic E-state index is 12.9. The van der Waals surface area contributed by atoms with E-state index in [4.69, 9.17) is 0 Å². The smallest absolute Gasteiger partial charge is 0.255 e. The second-order valence-corrected chi connectivity index (χ2v) is 6.28. The summed E-state index contributed by atoms with van der Waals surface area (Å²) in [6.07, 6.45) is 3.75. The van der Waals surface area contributed by atoms with Crippen LogP contribution in [-0.4, -0.2) is 29.8 Å². The van der Waals surface area contributed by atoms with E-state index in [-0.39, 0.29) is 17.6 Å². The molecule has 1 aliphatic heterocycles. The van der Waals surface area contributed by atoms with Crippen LogP contribution in [0.5, 0.6) is 0 Å². The lowest BCUT2D eigenvalue weighted by Crippen LogP contribution is -2.36. The van der Waals surface area contributed by atoms with Crippen molar-refractivity contribution in [1.82, 2.24) is 4.90 Å². The number of piperidine rings is 1. The number of nitrogens with zero attached hydrogens (tertiary/aromatic N) is 1. The number of rotatable bonds is 4. The molecule has 1 heterocycles. The first-order chi connectivity index (χ1) is 12.1. The average Bonchev–Trinajstić information content (AvgIpc) is 2.64. The zero-order valence-corrected chi connectivity index (χ0v) is 14.0. The Balaban J connectivity index is 1.57. The highest BCUT2D eigenvalue weighted by Gasteiger charge is 2.16. The predicted octanol–water partition coefficient (Wildman–Crippen LogP) is 3.63. The van der Waals surface area contributed by atoms with Crippen LogP contribution in [0.3, 0.4) is 0 Å². The number of nitrogens with one attached hydrogen (secondary N) is 1. The minimum absolute atomic E-state index is 0.155. The molecule has 0 atom stereocenters. The first-order valence-corrected chi connectivity index (χ1v) is 8.55. The van der Waals surface area contributed by atoms with E-state index in [0.29, 0.717) is 17.7 Å². The van der Waals surface area contributed by atoms with Crippen LogP contribution in [0.4, 0.5) is 10.1 Å². The summed E-state index contributed by atoms with van der Waals surface area (Å²) in [6.45, 7) is 1.70. The monoisotopic (exact) mass is 340 g/mol. The molecule has 2 amide bonds. The number of amides is 2. The van der Waals surface area contributed by atoms with Gasteiger partial charge in [0.2, 0.25) is 5.91 Å². The van der Waals surface area contributed by atoms with Crippen molar-refractivity contribution in [3.05, 3.63) is 65.5 Å². The molecule has 25 heavy (non-hydrogen) atoms. The van der Waals surface area contributed by atoms with Gasteiger partial charge in [0.1, 0.15) is 5.82 Å². The van der Waals surface area contributed by atoms with Gasteiger partial charge in [0, 0.05) is 24.3 Å². The number of hydrogen-bond acceptors (Lipinski definition) is 2. The van der Waals surface area contributed by atoms with E-state index < -0.39 is 0 Å². The second kappa shape index (κ2) is 7.92. The Hall–Kier alpha value is -2.69. The van der Waals surface area contributed by atoms with Crippen molar-refractivity contribution in [2.75, 3.05) is 18.4 Å².